The van der Waals surface area contributed by atoms with E-state index in [1.165, 1.54) is 0 Å². The lowest BCUT2D eigenvalue weighted by molar-refractivity contribution is -0.150. The van der Waals surface area contributed by atoms with Gasteiger partial charge in [0, 0.05) is 12.5 Å². The molecule has 0 heterocycles. The molecule has 0 aliphatic rings. The summed E-state index contributed by atoms with van der Waals surface area (Å²) in [6.07, 6.45) is 7.11. The monoisotopic (exact) mass is 548 g/mol. The van der Waals surface area contributed by atoms with Crippen LogP contribution in [0.5, 0.6) is 0 Å². The first-order valence-electron chi connectivity index (χ1n) is 14.0. The van der Waals surface area contributed by atoms with Gasteiger partial charge in [0.15, 0.2) is 0 Å². The number of carbonyl (C=O) groups is 3. The molecule has 0 saturated heterocycles. The van der Waals surface area contributed by atoms with Crippen LogP contribution in [0.1, 0.15) is 50.2 Å². The number of carbonyl (C=O) groups excluding carboxylic acids is 3. The number of hydrogen-bond donors (Lipinski definition) is 3. The Morgan fingerprint density at radius 1 is 0.900 bits per heavy atom. The smallest absolute Gasteiger partial charge is 0.309 e. The number of aliphatic hydroxyl groups is 1. The molecule has 2 rings (SSSR count). The second-order valence-electron chi connectivity index (χ2n) is 10.2. The Kier molecular flexibility index (Phi) is 15.1. The van der Waals surface area contributed by atoms with Gasteiger partial charge in [-0.1, -0.05) is 72.8 Å². The van der Waals surface area contributed by atoms with Gasteiger partial charge >= 0.3 is 5.97 Å². The van der Waals surface area contributed by atoms with Gasteiger partial charge in [0.25, 0.3) is 0 Å². The Hall–Kier alpha value is -3.71. The lowest BCUT2D eigenvalue weighted by Gasteiger charge is -2.24. The van der Waals surface area contributed by atoms with E-state index in [2.05, 4.69) is 23.8 Å². The Morgan fingerprint density at radius 2 is 1.52 bits per heavy atom. The minimum atomic E-state index is -0.637. The van der Waals surface area contributed by atoms with Crippen molar-refractivity contribution in [2.45, 2.75) is 64.0 Å². The number of hydrogen-bond acceptors (Lipinski definition) is 5. The van der Waals surface area contributed by atoms with E-state index in [1.54, 1.807) is 13.0 Å². The number of benzene rings is 2. The summed E-state index contributed by atoms with van der Waals surface area (Å²) in [5.41, 5.74) is 2.06. The van der Waals surface area contributed by atoms with Crippen LogP contribution in [0.2, 0.25) is 0 Å². The molecule has 0 bridgehead atoms. The van der Waals surface area contributed by atoms with Crippen molar-refractivity contribution in [1.29, 1.82) is 0 Å². The first kappa shape index (κ1) is 32.5. The molecule has 0 radical (unpaired) electrons. The van der Waals surface area contributed by atoms with Crippen molar-refractivity contribution in [3.63, 3.8) is 0 Å². The Bertz CT molecular complexity index is 1060. The summed E-state index contributed by atoms with van der Waals surface area (Å²) in [5.74, 6) is -1.86. The minimum absolute atomic E-state index is 0.0147. The van der Waals surface area contributed by atoms with E-state index < -0.39 is 18.0 Å². The second-order valence-corrected chi connectivity index (χ2v) is 10.2. The molecule has 0 spiro atoms. The average Bonchev–Trinajstić information content (AvgIpc) is 2.96. The van der Waals surface area contributed by atoms with E-state index in [0.717, 1.165) is 24.0 Å². The molecule has 7 nitrogen and oxygen atoms in total. The van der Waals surface area contributed by atoms with Crippen LogP contribution in [-0.4, -0.2) is 48.2 Å². The van der Waals surface area contributed by atoms with E-state index >= 15 is 0 Å². The highest BCUT2D eigenvalue weighted by Crippen LogP contribution is 2.18. The molecule has 2 aromatic rings. The molecule has 7 heteroatoms. The molecule has 0 saturated carbocycles. The number of ether oxygens (including phenoxy) is 1. The average molecular weight is 549 g/mol. The van der Waals surface area contributed by atoms with Gasteiger partial charge < -0.3 is 20.5 Å². The highest BCUT2D eigenvalue weighted by molar-refractivity contribution is 5.86. The summed E-state index contributed by atoms with van der Waals surface area (Å²) < 4.78 is 5.82. The fourth-order valence-corrected chi connectivity index (χ4v) is 4.47. The molecule has 0 aliphatic heterocycles. The molecule has 0 aromatic heterocycles. The molecule has 0 fully saturated rings. The van der Waals surface area contributed by atoms with Crippen molar-refractivity contribution in [2.24, 2.45) is 11.8 Å². The number of amides is 2. The van der Waals surface area contributed by atoms with Gasteiger partial charge in [0.2, 0.25) is 11.8 Å². The molecule has 0 unspecified atom stereocenters. The topological polar surface area (TPSA) is 105 Å². The lowest BCUT2D eigenvalue weighted by Crippen LogP contribution is -2.45. The maximum Gasteiger partial charge on any atom is 0.309 e. The molecule has 3 N–H and O–H groups in total. The third kappa shape index (κ3) is 12.4. The second kappa shape index (κ2) is 18.6. The third-order valence-corrected chi connectivity index (χ3v) is 6.65. The zero-order valence-corrected chi connectivity index (χ0v) is 23.6. The molecule has 0 aliphatic carbocycles. The van der Waals surface area contributed by atoms with E-state index in [4.69, 9.17) is 4.74 Å². The van der Waals surface area contributed by atoms with Crippen molar-refractivity contribution in [1.82, 2.24) is 10.6 Å². The molecule has 2 amide bonds. The van der Waals surface area contributed by atoms with Crippen molar-refractivity contribution in [2.75, 3.05) is 13.2 Å². The first-order chi connectivity index (χ1) is 19.4. The molecule has 2 aromatic carbocycles. The zero-order chi connectivity index (χ0) is 29.2. The fourth-order valence-electron chi connectivity index (χ4n) is 4.47. The number of allylic oxidation sites excluding steroid dienone is 2. The predicted molar refractivity (Wildman–Crippen MR) is 158 cm³/mol. The van der Waals surface area contributed by atoms with Crippen LogP contribution in [0.25, 0.3) is 0 Å². The summed E-state index contributed by atoms with van der Waals surface area (Å²) in [6, 6.07) is 18.7. The maximum absolute atomic E-state index is 13.3. The van der Waals surface area contributed by atoms with Crippen molar-refractivity contribution < 1.29 is 24.2 Å². The fraction of sp³-hybridized carbons (Fsp3) is 0.424. The van der Waals surface area contributed by atoms with Crippen LogP contribution in [0.3, 0.4) is 0 Å². The van der Waals surface area contributed by atoms with Gasteiger partial charge in [-0.3, -0.25) is 14.4 Å². The standard InChI is InChI=1S/C33H44N2O5/c1-4-6-9-19-29(20-26-15-10-7-11-16-26)33(39)40-24-30(21-27-17-12-8-13-18-27)35-32(38)28(14-5-2)22-31(37)34-25(3)23-36/h4-5,7-8,10-13,15-18,25,28-30,36H,1-2,6,9,14,19-24H2,3H3,(H,34,37)(H,35,38)/t25-,28+,29+,30+/m0/s1. The van der Waals surface area contributed by atoms with Crippen molar-refractivity contribution in [3.8, 4) is 0 Å². The number of nitrogens with one attached hydrogen (secondary N) is 2. The normalized spacial score (nSPS) is 13.8. The number of esters is 1. The molecule has 4 atom stereocenters. The van der Waals surface area contributed by atoms with Gasteiger partial charge in [-0.05, 0) is 56.6 Å². The van der Waals surface area contributed by atoms with Gasteiger partial charge in [-0.25, -0.2) is 0 Å². The van der Waals surface area contributed by atoms with Crippen LogP contribution < -0.4 is 10.6 Å². The van der Waals surface area contributed by atoms with Crippen molar-refractivity contribution >= 4 is 17.8 Å². The van der Waals surface area contributed by atoms with E-state index in [1.807, 2.05) is 66.7 Å². The third-order valence-electron chi connectivity index (χ3n) is 6.65. The van der Waals surface area contributed by atoms with Crippen LogP contribution in [0, 0.1) is 11.8 Å². The van der Waals surface area contributed by atoms with Crippen LogP contribution in [0.4, 0.5) is 0 Å². The summed E-state index contributed by atoms with van der Waals surface area (Å²) in [4.78, 5) is 38.9. The first-order valence-corrected chi connectivity index (χ1v) is 14.0. The number of unbranched alkanes of at least 4 members (excludes halogenated alkanes) is 1. The van der Waals surface area contributed by atoms with Gasteiger partial charge in [0.05, 0.1) is 24.5 Å². The highest BCUT2D eigenvalue weighted by atomic mass is 16.5. The number of aliphatic hydroxyl groups excluding tert-OH is 1. The lowest BCUT2D eigenvalue weighted by atomic mass is 9.94. The summed E-state index contributed by atoms with van der Waals surface area (Å²) in [6.45, 7) is 9.02. The number of rotatable bonds is 19. The molecular weight excluding hydrogens is 504 g/mol. The van der Waals surface area contributed by atoms with E-state index in [-0.39, 0.29) is 43.3 Å². The highest BCUT2D eigenvalue weighted by Gasteiger charge is 2.26. The summed E-state index contributed by atoms with van der Waals surface area (Å²) in [5, 5.41) is 14.9. The summed E-state index contributed by atoms with van der Waals surface area (Å²) in [7, 11) is 0. The molecular formula is C33H44N2O5. The van der Waals surface area contributed by atoms with Gasteiger partial charge in [0.1, 0.15) is 6.61 Å². The van der Waals surface area contributed by atoms with Crippen LogP contribution in [0.15, 0.2) is 86.0 Å². The SMILES string of the molecule is C=CCCC[C@H](Cc1ccccc1)C(=O)OC[C@@H](Cc1ccccc1)NC(=O)[C@H](CC=C)CC(=O)N[C@@H](C)CO. The van der Waals surface area contributed by atoms with E-state index in [0.29, 0.717) is 25.7 Å². The Balaban J connectivity index is 2.12. The van der Waals surface area contributed by atoms with E-state index in [9.17, 15) is 19.5 Å². The maximum atomic E-state index is 13.3. The summed E-state index contributed by atoms with van der Waals surface area (Å²) >= 11 is 0. The van der Waals surface area contributed by atoms with Crippen LogP contribution in [-0.2, 0) is 32.0 Å². The largest absolute Gasteiger partial charge is 0.463 e. The van der Waals surface area contributed by atoms with Gasteiger partial charge in [-0.15, -0.1) is 13.2 Å². The zero-order valence-electron chi connectivity index (χ0n) is 23.6. The molecule has 40 heavy (non-hydrogen) atoms. The van der Waals surface area contributed by atoms with Crippen molar-refractivity contribution in [3.05, 3.63) is 97.1 Å². The quantitative estimate of drug-likeness (QED) is 0.136. The van der Waals surface area contributed by atoms with Gasteiger partial charge in [-0.2, -0.15) is 0 Å². The Morgan fingerprint density at radius 3 is 2.10 bits per heavy atom. The van der Waals surface area contributed by atoms with Crippen LogP contribution >= 0.6 is 0 Å². The predicted octanol–water partition coefficient (Wildman–Crippen LogP) is 4.55. The minimum Gasteiger partial charge on any atom is -0.463 e. The Labute approximate surface area is 238 Å². The molecule has 216 valence electrons.